The molecule has 2 aromatic rings. The van der Waals surface area contributed by atoms with E-state index in [0.29, 0.717) is 24.9 Å². The molecule has 1 amide bonds. The summed E-state index contributed by atoms with van der Waals surface area (Å²) < 4.78 is 0. The first-order valence-corrected chi connectivity index (χ1v) is 13.6. The summed E-state index contributed by atoms with van der Waals surface area (Å²) >= 11 is 1.15. The van der Waals surface area contributed by atoms with Crippen LogP contribution in [-0.2, 0) is 17.6 Å². The average molecular weight is 533 g/mol. The lowest BCUT2D eigenvalue weighted by Gasteiger charge is -2.40. The number of hydrogen-bond donors (Lipinski definition) is 7. The monoisotopic (exact) mass is 532 g/mol. The smallest absolute Gasteiger partial charge is 0.220 e. The van der Waals surface area contributed by atoms with E-state index in [2.05, 4.69) is 17.4 Å². The van der Waals surface area contributed by atoms with Crippen LogP contribution in [-0.4, -0.2) is 73.7 Å². The van der Waals surface area contributed by atoms with Crippen molar-refractivity contribution in [2.45, 2.75) is 80.8 Å². The van der Waals surface area contributed by atoms with Crippen LogP contribution in [0, 0.1) is 6.92 Å². The van der Waals surface area contributed by atoms with E-state index in [0.717, 1.165) is 46.9 Å². The zero-order valence-electron chi connectivity index (χ0n) is 21.7. The summed E-state index contributed by atoms with van der Waals surface area (Å²) in [5.41, 5.74) is 9.81. The molecule has 8 N–H and O–H groups in total. The highest BCUT2D eigenvalue weighted by atomic mass is 32.2. The number of aromatic hydroxyl groups is 1. The fourth-order valence-corrected chi connectivity index (χ4v) is 5.96. The highest BCUT2D eigenvalue weighted by Crippen LogP contribution is 2.46. The van der Waals surface area contributed by atoms with Gasteiger partial charge in [0.15, 0.2) is 0 Å². The summed E-state index contributed by atoms with van der Waals surface area (Å²) in [6.07, 6.45) is -1.38. The second-order valence-corrected chi connectivity index (χ2v) is 12.0. The summed E-state index contributed by atoms with van der Waals surface area (Å²) in [5, 5.41) is 52.8. The van der Waals surface area contributed by atoms with E-state index in [9.17, 15) is 30.3 Å². The lowest BCUT2D eigenvalue weighted by Crippen LogP contribution is -2.51. The first-order chi connectivity index (χ1) is 17.5. The Hall–Kier alpha value is -2.14. The maximum absolute atomic E-state index is 12.1. The fourth-order valence-electron chi connectivity index (χ4n) is 4.52. The van der Waals surface area contributed by atoms with E-state index < -0.39 is 34.4 Å². The second kappa shape index (κ2) is 12.6. The Bertz CT molecular complexity index is 1060. The minimum Gasteiger partial charge on any atom is -0.508 e. The van der Waals surface area contributed by atoms with Crippen molar-refractivity contribution in [2.75, 3.05) is 13.2 Å². The van der Waals surface area contributed by atoms with Gasteiger partial charge in [0, 0.05) is 24.1 Å². The van der Waals surface area contributed by atoms with Gasteiger partial charge in [0.2, 0.25) is 5.91 Å². The zero-order valence-corrected chi connectivity index (χ0v) is 22.5. The molecule has 1 heterocycles. The zero-order chi connectivity index (χ0) is 27.3. The molecular formula is C28H40N2O6S. The Morgan fingerprint density at radius 1 is 1.05 bits per heavy atom. The van der Waals surface area contributed by atoms with Gasteiger partial charge in [0.25, 0.3) is 0 Å². The number of amides is 1. The molecule has 204 valence electrons. The molecule has 1 fully saturated rings. The highest BCUT2D eigenvalue weighted by molar-refractivity contribution is 8.00. The van der Waals surface area contributed by atoms with Gasteiger partial charge in [-0.1, -0.05) is 30.3 Å². The molecule has 0 unspecified atom stereocenters. The van der Waals surface area contributed by atoms with Crippen molar-refractivity contribution in [3.63, 3.8) is 0 Å². The molecule has 1 aliphatic rings. The maximum Gasteiger partial charge on any atom is 0.220 e. The van der Waals surface area contributed by atoms with Gasteiger partial charge in [-0.15, -0.1) is 11.8 Å². The van der Waals surface area contributed by atoms with Gasteiger partial charge in [-0.3, -0.25) is 4.79 Å². The number of carbonyl (C=O) groups excluding carboxylic acids is 1. The summed E-state index contributed by atoms with van der Waals surface area (Å²) in [7, 11) is 0. The van der Waals surface area contributed by atoms with E-state index in [1.807, 2.05) is 39.0 Å². The van der Waals surface area contributed by atoms with Crippen LogP contribution in [0.4, 0.5) is 0 Å². The summed E-state index contributed by atoms with van der Waals surface area (Å²) in [6, 6.07) is 11.7. The number of nitrogens with one attached hydrogen (secondary N) is 1. The second-order valence-electron chi connectivity index (χ2n) is 10.6. The van der Waals surface area contributed by atoms with Gasteiger partial charge in [0.05, 0.1) is 29.3 Å². The van der Waals surface area contributed by atoms with Crippen LogP contribution in [0.25, 0.3) is 0 Å². The predicted octanol–water partition coefficient (Wildman–Crippen LogP) is 1.70. The van der Waals surface area contributed by atoms with Crippen LogP contribution in [0.2, 0.25) is 0 Å². The van der Waals surface area contributed by atoms with Crippen molar-refractivity contribution in [3.05, 3.63) is 64.2 Å². The van der Waals surface area contributed by atoms with Crippen molar-refractivity contribution < 1.29 is 30.3 Å². The molecule has 2 aromatic carbocycles. The molecule has 37 heavy (non-hydrogen) atoms. The van der Waals surface area contributed by atoms with Crippen molar-refractivity contribution in [2.24, 2.45) is 5.73 Å². The first kappa shape index (κ1) is 29.4. The molecular weight excluding hydrogens is 492 g/mol. The van der Waals surface area contributed by atoms with Crippen LogP contribution >= 0.6 is 11.8 Å². The highest BCUT2D eigenvalue weighted by Gasteiger charge is 2.44. The number of phenols is 1. The minimum atomic E-state index is -1.42. The Kier molecular flexibility index (Phi) is 10.0. The number of thioether (sulfide) groups is 1. The number of carbonyl (C=O) groups is 1. The van der Waals surface area contributed by atoms with E-state index in [1.165, 1.54) is 0 Å². The molecule has 0 radical (unpaired) electrons. The molecule has 1 saturated heterocycles. The molecule has 5 atom stereocenters. The quantitative estimate of drug-likeness (QED) is 0.244. The standard InChI is InChI=1S/C28H40N2O6S/c1-16-11-21(32)20(27-26(36)25(35)24(34)22(14-31)37-27)13-19(16)12-18-9-7-17(8-10-18)5-4-6-23(33)30-28(2,3)15-29/h7-11,13,22,24-27,31-32,34-36H,4-6,12,14-15,29H2,1-3H3,(H,30,33)/t22-,24-,25+,26-,27+/m1/s1. The molecule has 1 aliphatic heterocycles. The summed E-state index contributed by atoms with van der Waals surface area (Å²) in [4.78, 5) is 12.1. The van der Waals surface area contributed by atoms with Crippen molar-refractivity contribution in [1.82, 2.24) is 5.32 Å². The number of aliphatic hydroxyl groups is 4. The van der Waals surface area contributed by atoms with Crippen molar-refractivity contribution in [1.29, 1.82) is 0 Å². The van der Waals surface area contributed by atoms with Gasteiger partial charge < -0.3 is 36.6 Å². The van der Waals surface area contributed by atoms with Gasteiger partial charge in [-0.05, 0) is 68.4 Å². The number of aryl methyl sites for hydroxylation is 2. The van der Waals surface area contributed by atoms with E-state index in [1.54, 1.807) is 6.07 Å². The van der Waals surface area contributed by atoms with Crippen LogP contribution in [0.5, 0.6) is 5.75 Å². The number of aliphatic hydroxyl groups excluding tert-OH is 4. The SMILES string of the molecule is Cc1cc(O)c([C@@H]2S[C@H](CO)[C@@H](O)[C@H](O)[C@H]2O)cc1Cc1ccc(CCCC(=O)NC(C)(C)CN)cc1. The molecule has 0 aromatic heterocycles. The summed E-state index contributed by atoms with van der Waals surface area (Å²) in [6.45, 7) is 5.74. The molecule has 3 rings (SSSR count). The predicted molar refractivity (Wildman–Crippen MR) is 146 cm³/mol. The van der Waals surface area contributed by atoms with Crippen LogP contribution in [0.15, 0.2) is 36.4 Å². The molecule has 8 nitrogen and oxygen atoms in total. The largest absolute Gasteiger partial charge is 0.508 e. The van der Waals surface area contributed by atoms with Gasteiger partial charge in [-0.2, -0.15) is 0 Å². The maximum atomic E-state index is 12.1. The minimum absolute atomic E-state index is 0.000681. The lowest BCUT2D eigenvalue weighted by atomic mass is 9.92. The van der Waals surface area contributed by atoms with E-state index in [-0.39, 0.29) is 18.3 Å². The van der Waals surface area contributed by atoms with Crippen molar-refractivity contribution in [3.8, 4) is 5.75 Å². The number of hydrogen-bond acceptors (Lipinski definition) is 8. The lowest BCUT2D eigenvalue weighted by molar-refractivity contribution is -0.122. The Labute approximate surface area is 222 Å². The number of rotatable bonds is 10. The third-order valence-electron chi connectivity index (χ3n) is 6.96. The summed E-state index contributed by atoms with van der Waals surface area (Å²) in [5.74, 6) is 0.00609. The molecule has 0 bridgehead atoms. The third-order valence-corrected chi connectivity index (χ3v) is 8.56. The normalized spacial score (nSPS) is 24.2. The molecule has 0 aliphatic carbocycles. The topological polar surface area (TPSA) is 156 Å². The van der Waals surface area contributed by atoms with Gasteiger partial charge in [0.1, 0.15) is 11.9 Å². The Morgan fingerprint density at radius 2 is 1.70 bits per heavy atom. The van der Waals surface area contributed by atoms with E-state index >= 15 is 0 Å². The molecule has 0 spiro atoms. The molecule has 9 heteroatoms. The number of nitrogens with two attached hydrogens (primary N) is 1. The van der Waals surface area contributed by atoms with Gasteiger partial charge >= 0.3 is 0 Å². The van der Waals surface area contributed by atoms with Crippen LogP contribution in [0.3, 0.4) is 0 Å². The Morgan fingerprint density at radius 3 is 2.32 bits per heavy atom. The van der Waals surface area contributed by atoms with Crippen molar-refractivity contribution >= 4 is 17.7 Å². The van der Waals surface area contributed by atoms with Crippen LogP contribution in [0.1, 0.15) is 59.8 Å². The number of benzene rings is 2. The Balaban J connectivity index is 1.66. The number of phenolic OH excluding ortho intramolecular Hbond substituents is 1. The van der Waals surface area contributed by atoms with Crippen LogP contribution < -0.4 is 11.1 Å². The molecule has 0 saturated carbocycles. The third kappa shape index (κ3) is 7.46. The van der Waals surface area contributed by atoms with Gasteiger partial charge in [-0.25, -0.2) is 0 Å². The average Bonchev–Trinajstić information content (AvgIpc) is 2.85. The first-order valence-electron chi connectivity index (χ1n) is 12.7. The van der Waals surface area contributed by atoms with E-state index in [4.69, 9.17) is 5.73 Å². The fraction of sp³-hybridized carbons (Fsp3) is 0.536.